The number of nitrogen functional groups attached to an aromatic ring is 1. The van der Waals surface area contributed by atoms with Gasteiger partial charge in [-0.1, -0.05) is 0 Å². The third-order valence-electron chi connectivity index (χ3n) is 7.12. The van der Waals surface area contributed by atoms with Gasteiger partial charge in [0.25, 0.3) is 0 Å². The van der Waals surface area contributed by atoms with Crippen molar-refractivity contribution in [1.82, 2.24) is 24.8 Å². The van der Waals surface area contributed by atoms with Gasteiger partial charge in [-0.3, -0.25) is 4.79 Å². The molecule has 5 heterocycles. The maximum absolute atomic E-state index is 12.9. The van der Waals surface area contributed by atoms with Gasteiger partial charge in [0.1, 0.15) is 5.82 Å². The first-order chi connectivity index (χ1) is 16.6. The first kappa shape index (κ1) is 26.3. The van der Waals surface area contributed by atoms with Crippen molar-refractivity contribution in [3.05, 3.63) is 18.0 Å². The minimum absolute atomic E-state index is 0. The van der Waals surface area contributed by atoms with Crippen molar-refractivity contribution < 1.29 is 9.53 Å². The number of amides is 1. The number of nitrogens with zero attached hydrogens (tertiary/aromatic N) is 7. The van der Waals surface area contributed by atoms with Crippen molar-refractivity contribution in [2.75, 3.05) is 61.5 Å². The van der Waals surface area contributed by atoms with Gasteiger partial charge in [0.05, 0.1) is 24.4 Å². The van der Waals surface area contributed by atoms with Crippen LogP contribution in [-0.4, -0.2) is 87.8 Å². The maximum atomic E-state index is 12.9. The number of aromatic nitrogens is 4. The van der Waals surface area contributed by atoms with Crippen LogP contribution in [-0.2, 0) is 16.0 Å². The first-order valence-corrected chi connectivity index (χ1v) is 12.3. The zero-order chi connectivity index (χ0) is 24.8. The van der Waals surface area contributed by atoms with Crippen LogP contribution in [0.15, 0.2) is 12.4 Å². The van der Waals surface area contributed by atoms with Crippen LogP contribution in [0.3, 0.4) is 0 Å². The van der Waals surface area contributed by atoms with Gasteiger partial charge in [-0.15, -0.1) is 12.4 Å². The van der Waals surface area contributed by atoms with Crippen LogP contribution in [0.2, 0.25) is 0 Å². The number of hydrogen-bond acceptors (Lipinski definition) is 10. The molecule has 3 aliphatic heterocycles. The van der Waals surface area contributed by atoms with E-state index in [2.05, 4.69) is 26.7 Å². The van der Waals surface area contributed by atoms with Crippen molar-refractivity contribution >= 4 is 36.0 Å². The molecule has 196 valence electrons. The molecule has 3 aliphatic rings. The number of fused-ring (bicyclic) bond motifs is 1. The van der Waals surface area contributed by atoms with E-state index in [-0.39, 0.29) is 29.8 Å². The van der Waals surface area contributed by atoms with Crippen molar-refractivity contribution in [3.8, 4) is 11.3 Å². The van der Waals surface area contributed by atoms with Crippen molar-refractivity contribution in [3.63, 3.8) is 0 Å². The zero-order valence-corrected chi connectivity index (χ0v) is 22.1. The highest BCUT2D eigenvalue weighted by Crippen LogP contribution is 2.41. The number of nitrogens with two attached hydrogens (primary N) is 2. The Balaban J connectivity index is 0.00000304. The molecule has 12 heteroatoms. The largest absolute Gasteiger partial charge is 0.378 e. The Bertz CT molecular complexity index is 1100. The number of morpholine rings is 1. The molecule has 0 aliphatic carbocycles. The molecule has 4 N–H and O–H groups in total. The lowest BCUT2D eigenvalue weighted by Gasteiger charge is -2.37. The number of carbonyl (C=O) groups is 1. The second-order valence-corrected chi connectivity index (χ2v) is 10.7. The van der Waals surface area contributed by atoms with E-state index in [1.54, 1.807) is 12.4 Å². The lowest BCUT2D eigenvalue weighted by Crippen LogP contribution is -2.49. The van der Waals surface area contributed by atoms with E-state index in [0.29, 0.717) is 32.1 Å². The predicted molar refractivity (Wildman–Crippen MR) is 141 cm³/mol. The fourth-order valence-electron chi connectivity index (χ4n) is 5.25. The van der Waals surface area contributed by atoms with Gasteiger partial charge in [-0.05, 0) is 33.6 Å². The molecule has 2 saturated heterocycles. The summed E-state index contributed by atoms with van der Waals surface area (Å²) in [5.74, 6) is 1.96. The number of halogens is 1. The Morgan fingerprint density at radius 1 is 1.14 bits per heavy atom. The van der Waals surface area contributed by atoms with E-state index >= 15 is 0 Å². The summed E-state index contributed by atoms with van der Waals surface area (Å²) in [6, 6.07) is 0. The third kappa shape index (κ3) is 5.18. The maximum Gasteiger partial charge on any atom is 0.228 e. The van der Waals surface area contributed by atoms with Gasteiger partial charge >= 0.3 is 0 Å². The lowest BCUT2D eigenvalue weighted by atomic mass is 9.99. The molecule has 0 aromatic carbocycles. The Hall–Kier alpha value is -2.76. The minimum Gasteiger partial charge on any atom is -0.378 e. The standard InChI is InChI=1S/C24H35N9O2.ClH/c1-23(2,26)12-18(34)32-7-5-24(3,15-32)33-6-4-17-19(16-13-27-21(25)28-14-16)29-22(30-20(17)33)31-8-10-35-11-9-31;/h13-14H,4-12,15,26H2,1-3H3,(H2,25,27,28);1H/t24-;/m0./s1. The van der Waals surface area contributed by atoms with Crippen LogP contribution in [0.4, 0.5) is 17.7 Å². The molecule has 5 rings (SSSR count). The summed E-state index contributed by atoms with van der Waals surface area (Å²) in [4.78, 5) is 37.8. The normalized spacial score (nSPS) is 21.9. The molecule has 2 aromatic rings. The molecule has 1 amide bonds. The summed E-state index contributed by atoms with van der Waals surface area (Å²) < 4.78 is 5.54. The van der Waals surface area contributed by atoms with Gasteiger partial charge in [0.2, 0.25) is 17.8 Å². The van der Waals surface area contributed by atoms with Gasteiger partial charge in [-0.2, -0.15) is 4.98 Å². The van der Waals surface area contributed by atoms with E-state index in [9.17, 15) is 4.79 Å². The second-order valence-electron chi connectivity index (χ2n) is 10.7. The quantitative estimate of drug-likeness (QED) is 0.595. The molecule has 0 bridgehead atoms. The highest BCUT2D eigenvalue weighted by molar-refractivity contribution is 5.85. The molecule has 11 nitrogen and oxygen atoms in total. The summed E-state index contributed by atoms with van der Waals surface area (Å²) in [6.07, 6.45) is 5.48. The van der Waals surface area contributed by atoms with E-state index in [0.717, 1.165) is 61.7 Å². The molecule has 2 fully saturated rings. The summed E-state index contributed by atoms with van der Waals surface area (Å²) in [5.41, 5.74) is 13.9. The van der Waals surface area contributed by atoms with E-state index in [4.69, 9.17) is 26.2 Å². The van der Waals surface area contributed by atoms with Crippen LogP contribution in [0.5, 0.6) is 0 Å². The molecule has 2 aromatic heterocycles. The highest BCUT2D eigenvalue weighted by Gasteiger charge is 2.45. The number of anilines is 3. The third-order valence-corrected chi connectivity index (χ3v) is 7.12. The number of likely N-dealkylation sites (tertiary alicyclic amines) is 1. The zero-order valence-electron chi connectivity index (χ0n) is 21.2. The summed E-state index contributed by atoms with van der Waals surface area (Å²) in [6.45, 7) is 11.0. The molecule has 0 unspecified atom stereocenters. The lowest BCUT2D eigenvalue weighted by molar-refractivity contribution is -0.131. The van der Waals surface area contributed by atoms with Crippen LogP contribution in [0.1, 0.15) is 39.2 Å². The Kier molecular flexibility index (Phi) is 7.27. The topological polar surface area (TPSA) is 140 Å². The van der Waals surface area contributed by atoms with E-state index < -0.39 is 5.54 Å². The summed E-state index contributed by atoms with van der Waals surface area (Å²) >= 11 is 0. The van der Waals surface area contributed by atoms with Gasteiger partial charge in [0, 0.05) is 68.2 Å². The van der Waals surface area contributed by atoms with Crippen LogP contribution >= 0.6 is 12.4 Å². The van der Waals surface area contributed by atoms with Gasteiger partial charge in [-0.25, -0.2) is 15.0 Å². The predicted octanol–water partition coefficient (Wildman–Crippen LogP) is 1.26. The average Bonchev–Trinajstić information content (AvgIpc) is 3.43. The van der Waals surface area contributed by atoms with E-state index in [1.807, 2.05) is 18.7 Å². The SMILES string of the molecule is CC(C)(N)CC(=O)N1CC[C@](C)(N2CCc3c(-c4cnc(N)nc4)nc(N4CCOCC4)nc32)C1.Cl. The number of ether oxygens (including phenoxy) is 1. The Morgan fingerprint density at radius 3 is 2.50 bits per heavy atom. The fourth-order valence-corrected chi connectivity index (χ4v) is 5.25. The Labute approximate surface area is 218 Å². The molecule has 36 heavy (non-hydrogen) atoms. The summed E-state index contributed by atoms with van der Waals surface area (Å²) in [7, 11) is 0. The fraction of sp³-hybridized carbons (Fsp3) is 0.625. The van der Waals surface area contributed by atoms with Gasteiger partial charge in [0.15, 0.2) is 0 Å². The highest BCUT2D eigenvalue weighted by atomic mass is 35.5. The number of hydrogen-bond donors (Lipinski definition) is 2. The second kappa shape index (κ2) is 9.95. The first-order valence-electron chi connectivity index (χ1n) is 12.3. The van der Waals surface area contributed by atoms with Crippen LogP contribution < -0.4 is 21.3 Å². The van der Waals surface area contributed by atoms with Gasteiger partial charge < -0.3 is 30.9 Å². The Morgan fingerprint density at radius 2 is 1.83 bits per heavy atom. The average molecular weight is 518 g/mol. The molecular weight excluding hydrogens is 482 g/mol. The smallest absolute Gasteiger partial charge is 0.228 e. The van der Waals surface area contributed by atoms with Crippen molar-refractivity contribution in [1.29, 1.82) is 0 Å². The molecule has 1 atom stereocenters. The van der Waals surface area contributed by atoms with Crippen molar-refractivity contribution in [2.45, 2.75) is 51.1 Å². The van der Waals surface area contributed by atoms with Crippen molar-refractivity contribution in [2.24, 2.45) is 5.73 Å². The number of carbonyl (C=O) groups excluding carboxylic acids is 1. The van der Waals surface area contributed by atoms with Crippen LogP contribution in [0, 0.1) is 0 Å². The molecular formula is C24H36ClN9O2. The molecule has 0 spiro atoms. The van der Waals surface area contributed by atoms with Crippen LogP contribution in [0.25, 0.3) is 11.3 Å². The minimum atomic E-state index is -0.521. The monoisotopic (exact) mass is 517 g/mol. The molecule has 0 saturated carbocycles. The number of rotatable bonds is 5. The molecule has 0 radical (unpaired) electrons. The summed E-state index contributed by atoms with van der Waals surface area (Å²) in [5, 5.41) is 0. The van der Waals surface area contributed by atoms with E-state index in [1.165, 1.54) is 0 Å².